The van der Waals surface area contributed by atoms with Crippen LogP contribution < -0.4 is 4.74 Å². The van der Waals surface area contributed by atoms with Crippen molar-refractivity contribution in [1.82, 2.24) is 9.78 Å². The molecule has 0 saturated carbocycles. The third-order valence-electron chi connectivity index (χ3n) is 2.58. The fraction of sp³-hybridized carbons (Fsp3) is 0.154. The highest BCUT2D eigenvalue weighted by Crippen LogP contribution is 2.22. The Hall–Kier alpha value is -2.63. The number of rotatable bonds is 4. The third kappa shape index (κ3) is 2.33. The molecule has 0 unspecified atom stereocenters. The quantitative estimate of drug-likeness (QED) is 0.615. The topological polar surface area (TPSA) is 70.4 Å². The van der Waals surface area contributed by atoms with Gasteiger partial charge >= 0.3 is 5.97 Å². The number of esters is 1. The second-order valence-electron chi connectivity index (χ2n) is 3.66. The van der Waals surface area contributed by atoms with E-state index in [-0.39, 0.29) is 11.3 Å². The smallest absolute Gasteiger partial charge is 0.359 e. The normalized spacial score (nSPS) is 10.0. The standard InChI is InChI=1S/C13H12N2O4/c1-18-11-6-4-3-5-10(11)15-7-9(8-16)12(14-15)13(17)19-2/h3-8H,1-2H3. The summed E-state index contributed by atoms with van der Waals surface area (Å²) in [4.78, 5) is 22.5. The van der Waals surface area contributed by atoms with E-state index >= 15 is 0 Å². The number of para-hydroxylation sites is 2. The molecule has 19 heavy (non-hydrogen) atoms. The molecule has 1 aromatic carbocycles. The summed E-state index contributed by atoms with van der Waals surface area (Å²) in [5.41, 5.74) is 0.768. The molecule has 0 aliphatic carbocycles. The van der Waals surface area contributed by atoms with Crippen LogP contribution in [0.2, 0.25) is 0 Å². The van der Waals surface area contributed by atoms with Crippen molar-refractivity contribution in [2.45, 2.75) is 0 Å². The Morgan fingerprint density at radius 3 is 2.68 bits per heavy atom. The molecule has 0 radical (unpaired) electrons. The Bertz CT molecular complexity index is 619. The number of hydrogen-bond donors (Lipinski definition) is 0. The molecule has 2 rings (SSSR count). The van der Waals surface area contributed by atoms with Gasteiger partial charge in [0.05, 0.1) is 19.8 Å². The zero-order chi connectivity index (χ0) is 13.8. The SMILES string of the molecule is COC(=O)c1nn(-c2ccccc2OC)cc1C=O. The van der Waals surface area contributed by atoms with Gasteiger partial charge in [0.2, 0.25) is 0 Å². The molecule has 0 amide bonds. The van der Waals surface area contributed by atoms with Crippen molar-refractivity contribution < 1.29 is 19.1 Å². The van der Waals surface area contributed by atoms with Crippen LogP contribution in [0.3, 0.4) is 0 Å². The number of carbonyl (C=O) groups excluding carboxylic acids is 2. The van der Waals surface area contributed by atoms with Crippen LogP contribution in [0.4, 0.5) is 0 Å². The Morgan fingerprint density at radius 2 is 2.05 bits per heavy atom. The number of hydrogen-bond acceptors (Lipinski definition) is 5. The van der Waals surface area contributed by atoms with Crippen molar-refractivity contribution in [3.63, 3.8) is 0 Å². The third-order valence-corrected chi connectivity index (χ3v) is 2.58. The Morgan fingerprint density at radius 1 is 1.32 bits per heavy atom. The van der Waals surface area contributed by atoms with Crippen molar-refractivity contribution in [3.8, 4) is 11.4 Å². The maximum Gasteiger partial charge on any atom is 0.359 e. The van der Waals surface area contributed by atoms with Crippen LogP contribution in [0.5, 0.6) is 5.75 Å². The molecular weight excluding hydrogens is 248 g/mol. The molecule has 6 heteroatoms. The fourth-order valence-electron chi connectivity index (χ4n) is 1.67. The average molecular weight is 260 g/mol. The van der Waals surface area contributed by atoms with E-state index in [2.05, 4.69) is 9.84 Å². The number of methoxy groups -OCH3 is 2. The van der Waals surface area contributed by atoms with Gasteiger partial charge in [-0.05, 0) is 12.1 Å². The van der Waals surface area contributed by atoms with Gasteiger partial charge in [-0.15, -0.1) is 0 Å². The number of carbonyl (C=O) groups is 2. The lowest BCUT2D eigenvalue weighted by molar-refractivity contribution is 0.0591. The molecule has 1 heterocycles. The van der Waals surface area contributed by atoms with Gasteiger partial charge in [-0.2, -0.15) is 5.10 Å². The maximum atomic E-state index is 11.5. The van der Waals surface area contributed by atoms with Gasteiger partial charge in [0.25, 0.3) is 0 Å². The van der Waals surface area contributed by atoms with Crippen LogP contribution in [0.25, 0.3) is 5.69 Å². The van der Waals surface area contributed by atoms with Gasteiger partial charge in [-0.1, -0.05) is 12.1 Å². The summed E-state index contributed by atoms with van der Waals surface area (Å²) in [5.74, 6) is -0.0744. The highest BCUT2D eigenvalue weighted by atomic mass is 16.5. The van der Waals surface area contributed by atoms with E-state index in [0.29, 0.717) is 17.7 Å². The second-order valence-corrected chi connectivity index (χ2v) is 3.66. The van der Waals surface area contributed by atoms with Crippen LogP contribution in [0.1, 0.15) is 20.8 Å². The summed E-state index contributed by atoms with van der Waals surface area (Å²) >= 11 is 0. The van der Waals surface area contributed by atoms with Crippen LogP contribution in [-0.2, 0) is 4.74 Å². The Kier molecular flexibility index (Phi) is 3.61. The molecule has 0 aliphatic heterocycles. The van der Waals surface area contributed by atoms with Gasteiger partial charge in [0, 0.05) is 6.20 Å². The lowest BCUT2D eigenvalue weighted by atomic mass is 10.2. The lowest BCUT2D eigenvalue weighted by Gasteiger charge is -2.07. The molecule has 0 atom stereocenters. The minimum absolute atomic E-state index is 0.0246. The molecule has 0 spiro atoms. The summed E-state index contributed by atoms with van der Waals surface area (Å²) in [6, 6.07) is 7.14. The minimum Gasteiger partial charge on any atom is -0.494 e. The minimum atomic E-state index is -0.657. The van der Waals surface area contributed by atoms with Crippen LogP contribution in [0.15, 0.2) is 30.5 Å². The highest BCUT2D eigenvalue weighted by molar-refractivity contribution is 5.96. The zero-order valence-corrected chi connectivity index (χ0v) is 10.5. The Labute approximate surface area is 109 Å². The first kappa shape index (κ1) is 12.8. The number of ether oxygens (including phenoxy) is 2. The number of benzene rings is 1. The van der Waals surface area contributed by atoms with Crippen molar-refractivity contribution in [1.29, 1.82) is 0 Å². The van der Waals surface area contributed by atoms with Crippen molar-refractivity contribution >= 4 is 12.3 Å². The predicted octanol–water partition coefficient (Wildman–Crippen LogP) is 1.48. The van der Waals surface area contributed by atoms with Gasteiger partial charge < -0.3 is 9.47 Å². The molecule has 0 N–H and O–H groups in total. The molecule has 2 aromatic rings. The van der Waals surface area contributed by atoms with Gasteiger partial charge in [0.15, 0.2) is 12.0 Å². The first-order chi connectivity index (χ1) is 9.21. The molecular formula is C13H12N2O4. The number of aldehydes is 1. The first-order valence-corrected chi connectivity index (χ1v) is 5.47. The Balaban J connectivity index is 2.54. The summed E-state index contributed by atoms with van der Waals surface area (Å²) in [6.07, 6.45) is 2.02. The molecule has 0 fully saturated rings. The van der Waals surface area contributed by atoms with Crippen LogP contribution >= 0.6 is 0 Å². The van der Waals surface area contributed by atoms with E-state index < -0.39 is 5.97 Å². The number of aromatic nitrogens is 2. The van der Waals surface area contributed by atoms with E-state index in [1.54, 1.807) is 18.2 Å². The van der Waals surface area contributed by atoms with Crippen LogP contribution in [0, 0.1) is 0 Å². The van der Waals surface area contributed by atoms with E-state index in [9.17, 15) is 9.59 Å². The average Bonchev–Trinajstić information content (AvgIpc) is 2.90. The van der Waals surface area contributed by atoms with E-state index in [4.69, 9.17) is 4.74 Å². The molecule has 98 valence electrons. The summed E-state index contributed by atoms with van der Waals surface area (Å²) in [5, 5.41) is 4.06. The summed E-state index contributed by atoms with van der Waals surface area (Å²) in [7, 11) is 2.77. The molecule has 0 bridgehead atoms. The van der Waals surface area contributed by atoms with Crippen molar-refractivity contribution in [2.75, 3.05) is 14.2 Å². The molecule has 6 nitrogen and oxygen atoms in total. The van der Waals surface area contributed by atoms with Crippen LogP contribution in [-0.4, -0.2) is 36.3 Å². The van der Waals surface area contributed by atoms with Gasteiger partial charge in [-0.25, -0.2) is 9.48 Å². The fourth-order valence-corrected chi connectivity index (χ4v) is 1.67. The second kappa shape index (κ2) is 5.34. The largest absolute Gasteiger partial charge is 0.494 e. The molecule has 1 aromatic heterocycles. The first-order valence-electron chi connectivity index (χ1n) is 5.47. The molecule has 0 aliphatic rings. The van der Waals surface area contributed by atoms with E-state index in [1.165, 1.54) is 25.1 Å². The zero-order valence-electron chi connectivity index (χ0n) is 10.5. The van der Waals surface area contributed by atoms with Crippen molar-refractivity contribution in [3.05, 3.63) is 41.7 Å². The summed E-state index contributed by atoms with van der Waals surface area (Å²) < 4.78 is 11.2. The maximum absolute atomic E-state index is 11.5. The van der Waals surface area contributed by atoms with E-state index in [0.717, 1.165) is 0 Å². The molecule has 0 saturated heterocycles. The lowest BCUT2D eigenvalue weighted by Crippen LogP contribution is -2.06. The monoisotopic (exact) mass is 260 g/mol. The summed E-state index contributed by atoms with van der Waals surface area (Å²) in [6.45, 7) is 0. The van der Waals surface area contributed by atoms with Gasteiger partial charge in [0.1, 0.15) is 11.4 Å². The van der Waals surface area contributed by atoms with E-state index in [1.807, 2.05) is 6.07 Å². The number of nitrogens with zero attached hydrogens (tertiary/aromatic N) is 2. The highest BCUT2D eigenvalue weighted by Gasteiger charge is 2.18. The van der Waals surface area contributed by atoms with Crippen molar-refractivity contribution in [2.24, 2.45) is 0 Å². The van der Waals surface area contributed by atoms with Gasteiger partial charge in [-0.3, -0.25) is 4.79 Å². The predicted molar refractivity (Wildman–Crippen MR) is 66.8 cm³/mol.